The molecular weight excluding hydrogens is 476 g/mol. The summed E-state index contributed by atoms with van der Waals surface area (Å²) in [5.74, 6) is -0.00492. The van der Waals surface area contributed by atoms with E-state index in [1.165, 1.54) is 5.01 Å². The van der Waals surface area contributed by atoms with E-state index in [1.807, 2.05) is 24.3 Å². The third-order valence-electron chi connectivity index (χ3n) is 6.49. The Balaban J connectivity index is 0.00000324. The molecule has 2 fully saturated rings. The lowest BCUT2D eigenvalue weighted by molar-refractivity contribution is 0.152. The minimum Gasteiger partial charge on any atom is -0.370 e. The SMILES string of the molecule is Cl.N=C(N)N1CCCC(CN(NS(=O)(=O)c2ccc3ccccc3c2)C(=O)NC2CCCC2)C1. The van der Waals surface area contributed by atoms with Crippen LogP contribution in [0.25, 0.3) is 10.8 Å². The van der Waals surface area contributed by atoms with E-state index in [4.69, 9.17) is 11.1 Å². The van der Waals surface area contributed by atoms with Crippen molar-refractivity contribution >= 4 is 45.2 Å². The van der Waals surface area contributed by atoms with Crippen LogP contribution in [-0.2, 0) is 10.0 Å². The van der Waals surface area contributed by atoms with Crippen molar-refractivity contribution < 1.29 is 13.2 Å². The van der Waals surface area contributed by atoms with Gasteiger partial charge in [0.15, 0.2) is 5.96 Å². The maximum Gasteiger partial charge on any atom is 0.332 e. The van der Waals surface area contributed by atoms with Gasteiger partial charge in [-0.3, -0.25) is 5.41 Å². The number of likely N-dealkylation sites (tertiary alicyclic amines) is 1. The summed E-state index contributed by atoms with van der Waals surface area (Å²) in [6, 6.07) is 12.1. The summed E-state index contributed by atoms with van der Waals surface area (Å²) in [4.78, 5) is 17.5. The molecule has 1 aliphatic carbocycles. The molecule has 2 aromatic rings. The summed E-state index contributed by atoms with van der Waals surface area (Å²) in [7, 11) is -3.98. The van der Waals surface area contributed by atoms with Crippen molar-refractivity contribution in [3.8, 4) is 0 Å². The number of halogens is 1. The number of nitrogens with zero attached hydrogens (tertiary/aromatic N) is 2. The number of amides is 2. The Labute approximate surface area is 207 Å². The predicted molar refractivity (Wildman–Crippen MR) is 135 cm³/mol. The van der Waals surface area contributed by atoms with Crippen LogP contribution in [0, 0.1) is 11.3 Å². The number of nitrogens with two attached hydrogens (primary N) is 1. The molecule has 1 unspecified atom stereocenters. The third kappa shape index (κ3) is 6.31. The summed E-state index contributed by atoms with van der Waals surface area (Å²) in [6.07, 6.45) is 5.58. The number of benzene rings is 2. The third-order valence-corrected chi connectivity index (χ3v) is 7.83. The average molecular weight is 509 g/mol. The molecular formula is C23H33ClN6O3S. The zero-order valence-electron chi connectivity index (χ0n) is 19.1. The molecule has 1 saturated heterocycles. The van der Waals surface area contributed by atoms with Crippen molar-refractivity contribution in [3.05, 3.63) is 42.5 Å². The Morgan fingerprint density at radius 2 is 1.79 bits per heavy atom. The standard InChI is InChI=1S/C23H32N6O3S.ClH/c24-22(25)28-13-5-6-17(15-28)16-29(23(30)26-20-9-3-4-10-20)27-33(31,32)21-12-11-18-7-1-2-8-19(18)14-21;/h1-2,7-8,11-12,14,17,20,27H,3-6,9-10,13,15-16H2,(H3,24,25)(H,26,30);1H. The topological polar surface area (TPSA) is 132 Å². The molecule has 4 rings (SSSR count). The van der Waals surface area contributed by atoms with Crippen molar-refractivity contribution in [3.63, 3.8) is 0 Å². The van der Waals surface area contributed by atoms with Crippen LogP contribution in [0.5, 0.6) is 0 Å². The lowest BCUT2D eigenvalue weighted by atomic mass is 9.98. The monoisotopic (exact) mass is 508 g/mol. The number of carbonyl (C=O) groups excluding carboxylic acids is 1. The largest absolute Gasteiger partial charge is 0.370 e. The molecule has 5 N–H and O–H groups in total. The zero-order chi connectivity index (χ0) is 23.4. The van der Waals surface area contributed by atoms with Crippen LogP contribution in [0.4, 0.5) is 4.79 Å². The van der Waals surface area contributed by atoms with Gasteiger partial charge < -0.3 is 16.0 Å². The van der Waals surface area contributed by atoms with Gasteiger partial charge in [-0.05, 0) is 54.5 Å². The molecule has 0 radical (unpaired) electrons. The van der Waals surface area contributed by atoms with Crippen LogP contribution in [0.15, 0.2) is 47.4 Å². The van der Waals surface area contributed by atoms with Crippen LogP contribution >= 0.6 is 12.4 Å². The molecule has 2 amide bonds. The fourth-order valence-electron chi connectivity index (χ4n) is 4.71. The Kier molecular flexibility index (Phi) is 8.62. The lowest BCUT2D eigenvalue weighted by Crippen LogP contribution is -2.55. The number of sulfonamides is 1. The minimum atomic E-state index is -3.98. The molecule has 0 spiro atoms. The lowest BCUT2D eigenvalue weighted by Gasteiger charge is -2.36. The predicted octanol–water partition coefficient (Wildman–Crippen LogP) is 3.01. The van der Waals surface area contributed by atoms with Gasteiger partial charge in [0.25, 0.3) is 10.0 Å². The summed E-state index contributed by atoms with van der Waals surface area (Å²) in [5, 5.41) is 13.6. The first-order valence-corrected chi connectivity index (χ1v) is 13.0. The highest BCUT2D eigenvalue weighted by molar-refractivity contribution is 7.89. The highest BCUT2D eigenvalue weighted by Crippen LogP contribution is 2.22. The van der Waals surface area contributed by atoms with E-state index >= 15 is 0 Å². The van der Waals surface area contributed by atoms with E-state index in [2.05, 4.69) is 10.1 Å². The Morgan fingerprint density at radius 1 is 1.09 bits per heavy atom. The van der Waals surface area contributed by atoms with Gasteiger partial charge in [0.2, 0.25) is 0 Å². The molecule has 2 aliphatic rings. The van der Waals surface area contributed by atoms with E-state index in [0.29, 0.717) is 13.1 Å². The van der Waals surface area contributed by atoms with Gasteiger partial charge in [0.05, 0.1) is 4.90 Å². The van der Waals surface area contributed by atoms with Gasteiger partial charge in [-0.2, -0.15) is 0 Å². The minimum absolute atomic E-state index is 0. The smallest absolute Gasteiger partial charge is 0.332 e. The van der Waals surface area contributed by atoms with Crippen LogP contribution < -0.4 is 15.9 Å². The van der Waals surface area contributed by atoms with Gasteiger partial charge in [0.1, 0.15) is 0 Å². The molecule has 0 bridgehead atoms. The second-order valence-electron chi connectivity index (χ2n) is 8.98. The van der Waals surface area contributed by atoms with Gasteiger partial charge in [-0.15, -0.1) is 17.2 Å². The number of rotatable bonds is 6. The number of piperidine rings is 1. The molecule has 34 heavy (non-hydrogen) atoms. The van der Waals surface area contributed by atoms with E-state index in [0.717, 1.165) is 49.3 Å². The second kappa shape index (κ2) is 11.2. The molecule has 2 aromatic carbocycles. The van der Waals surface area contributed by atoms with Crippen molar-refractivity contribution in [2.45, 2.75) is 49.5 Å². The average Bonchev–Trinajstić information content (AvgIpc) is 3.31. The summed E-state index contributed by atoms with van der Waals surface area (Å²) < 4.78 is 26.5. The maximum atomic E-state index is 13.2. The van der Waals surface area contributed by atoms with Gasteiger partial charge in [-0.1, -0.05) is 43.2 Å². The van der Waals surface area contributed by atoms with Crippen LogP contribution in [0.3, 0.4) is 0 Å². The fraction of sp³-hybridized carbons (Fsp3) is 0.478. The maximum absolute atomic E-state index is 13.2. The van der Waals surface area contributed by atoms with Crippen molar-refractivity contribution in [2.24, 2.45) is 11.7 Å². The normalized spacial score (nSPS) is 18.9. The highest BCUT2D eigenvalue weighted by atomic mass is 35.5. The summed E-state index contributed by atoms with van der Waals surface area (Å²) in [6.45, 7) is 1.41. The number of hydrogen-bond donors (Lipinski definition) is 4. The molecule has 1 heterocycles. The van der Waals surface area contributed by atoms with E-state index in [-0.39, 0.29) is 41.8 Å². The van der Waals surface area contributed by atoms with Crippen LogP contribution in [0.1, 0.15) is 38.5 Å². The summed E-state index contributed by atoms with van der Waals surface area (Å²) >= 11 is 0. The summed E-state index contributed by atoms with van der Waals surface area (Å²) in [5.41, 5.74) is 5.66. The first-order valence-electron chi connectivity index (χ1n) is 11.5. The van der Waals surface area contributed by atoms with Crippen LogP contribution in [0.2, 0.25) is 0 Å². The number of fused-ring (bicyclic) bond motifs is 1. The van der Waals surface area contributed by atoms with Crippen LogP contribution in [-0.4, -0.2) is 56.0 Å². The molecule has 1 aliphatic heterocycles. The number of carbonyl (C=O) groups is 1. The van der Waals surface area contributed by atoms with Crippen molar-refractivity contribution in [1.82, 2.24) is 20.1 Å². The molecule has 1 atom stereocenters. The fourth-order valence-corrected chi connectivity index (χ4v) is 5.79. The van der Waals surface area contributed by atoms with E-state index in [9.17, 15) is 13.2 Å². The highest BCUT2D eigenvalue weighted by Gasteiger charge is 2.30. The molecule has 9 nitrogen and oxygen atoms in total. The number of hydrogen-bond acceptors (Lipinski definition) is 4. The Bertz CT molecular complexity index is 1120. The number of nitrogens with one attached hydrogen (secondary N) is 3. The van der Waals surface area contributed by atoms with E-state index < -0.39 is 16.1 Å². The number of urea groups is 1. The molecule has 1 saturated carbocycles. The van der Waals surface area contributed by atoms with Gasteiger partial charge in [-0.25, -0.2) is 18.2 Å². The number of guanidine groups is 1. The van der Waals surface area contributed by atoms with Gasteiger partial charge in [0, 0.05) is 25.7 Å². The number of hydrazine groups is 1. The quantitative estimate of drug-likeness (QED) is 0.270. The van der Waals surface area contributed by atoms with Crippen molar-refractivity contribution in [2.75, 3.05) is 19.6 Å². The Hall–Kier alpha value is -2.56. The second-order valence-corrected chi connectivity index (χ2v) is 10.6. The molecule has 0 aromatic heterocycles. The van der Waals surface area contributed by atoms with Gasteiger partial charge >= 0.3 is 6.03 Å². The first kappa shape index (κ1) is 26.1. The first-order chi connectivity index (χ1) is 15.8. The zero-order valence-corrected chi connectivity index (χ0v) is 20.7. The molecule has 186 valence electrons. The molecule has 11 heteroatoms. The van der Waals surface area contributed by atoms with Crippen molar-refractivity contribution in [1.29, 1.82) is 5.41 Å². The van der Waals surface area contributed by atoms with E-state index in [1.54, 1.807) is 23.1 Å². The Morgan fingerprint density at radius 3 is 2.50 bits per heavy atom.